The van der Waals surface area contributed by atoms with Gasteiger partial charge in [-0.05, 0) is 53.2 Å². The molecule has 0 bridgehead atoms. The Labute approximate surface area is 138 Å². The first-order valence-electron chi connectivity index (χ1n) is 5.89. The Morgan fingerprint density at radius 3 is 2.70 bits per heavy atom. The molecule has 1 heterocycles. The van der Waals surface area contributed by atoms with Crippen LogP contribution >= 0.6 is 43.6 Å². The fourth-order valence-corrected chi connectivity index (χ4v) is 2.90. The fourth-order valence-electron chi connectivity index (χ4n) is 1.48. The van der Waals surface area contributed by atoms with E-state index < -0.39 is 0 Å². The molecule has 0 aliphatic rings. The number of amides is 1. The van der Waals surface area contributed by atoms with Crippen LogP contribution in [0.3, 0.4) is 0 Å². The van der Waals surface area contributed by atoms with Crippen molar-refractivity contribution in [1.82, 2.24) is 4.98 Å². The molecule has 0 fully saturated rings. The van der Waals surface area contributed by atoms with Crippen molar-refractivity contribution in [3.63, 3.8) is 0 Å². The standard InChI is InChI=1S/C14H12Br2N2OS/c1-9(20-13-6-5-11(16)8-17-13)14(19)18-12-4-2-3-10(15)7-12/h2-9H,1H3,(H,18,19)/t9-/m0/s1. The van der Waals surface area contributed by atoms with Gasteiger partial charge in [0.1, 0.15) is 0 Å². The summed E-state index contributed by atoms with van der Waals surface area (Å²) in [5, 5.41) is 3.49. The molecule has 2 aromatic rings. The number of nitrogens with zero attached hydrogens (tertiary/aromatic N) is 1. The van der Waals surface area contributed by atoms with Crippen LogP contribution in [0.4, 0.5) is 5.69 Å². The Balaban J connectivity index is 1.96. The van der Waals surface area contributed by atoms with E-state index in [0.29, 0.717) is 0 Å². The number of carbonyl (C=O) groups is 1. The molecule has 0 saturated heterocycles. The minimum atomic E-state index is -0.220. The molecule has 1 aromatic heterocycles. The minimum absolute atomic E-state index is 0.0437. The Kier molecular flexibility index (Phi) is 5.63. The number of benzene rings is 1. The molecule has 0 saturated carbocycles. The van der Waals surface area contributed by atoms with Crippen molar-refractivity contribution in [2.24, 2.45) is 0 Å². The highest BCUT2D eigenvalue weighted by Gasteiger charge is 2.15. The van der Waals surface area contributed by atoms with Gasteiger partial charge in [0.15, 0.2) is 0 Å². The fraction of sp³-hybridized carbons (Fsp3) is 0.143. The predicted molar refractivity (Wildman–Crippen MR) is 90.0 cm³/mol. The topological polar surface area (TPSA) is 42.0 Å². The summed E-state index contributed by atoms with van der Waals surface area (Å²) >= 11 is 8.14. The summed E-state index contributed by atoms with van der Waals surface area (Å²) in [5.74, 6) is -0.0437. The van der Waals surface area contributed by atoms with Crippen LogP contribution in [0.25, 0.3) is 0 Å². The van der Waals surface area contributed by atoms with Crippen LogP contribution < -0.4 is 5.32 Å². The first-order chi connectivity index (χ1) is 9.54. The molecule has 1 amide bonds. The van der Waals surface area contributed by atoms with Crippen molar-refractivity contribution in [3.05, 3.63) is 51.5 Å². The molecule has 20 heavy (non-hydrogen) atoms. The number of thioether (sulfide) groups is 1. The third-order valence-corrected chi connectivity index (χ3v) is 4.47. The zero-order valence-corrected chi connectivity index (χ0v) is 14.6. The maximum absolute atomic E-state index is 12.1. The van der Waals surface area contributed by atoms with E-state index in [4.69, 9.17) is 0 Å². The maximum Gasteiger partial charge on any atom is 0.237 e. The highest BCUT2D eigenvalue weighted by molar-refractivity contribution is 9.10. The Bertz CT molecular complexity index is 604. The third-order valence-electron chi connectivity index (χ3n) is 2.46. The lowest BCUT2D eigenvalue weighted by atomic mass is 10.3. The smallest absolute Gasteiger partial charge is 0.237 e. The van der Waals surface area contributed by atoms with E-state index in [1.807, 2.05) is 43.3 Å². The van der Waals surface area contributed by atoms with Gasteiger partial charge >= 0.3 is 0 Å². The molecule has 104 valence electrons. The number of hydrogen-bond donors (Lipinski definition) is 1. The SMILES string of the molecule is C[C@H](Sc1ccc(Br)cn1)C(=O)Nc1cccc(Br)c1. The van der Waals surface area contributed by atoms with Gasteiger partial charge in [-0.1, -0.05) is 33.8 Å². The van der Waals surface area contributed by atoms with Gasteiger partial charge in [0.2, 0.25) is 5.91 Å². The average molecular weight is 416 g/mol. The van der Waals surface area contributed by atoms with Crippen molar-refractivity contribution >= 4 is 55.2 Å². The molecular formula is C14H12Br2N2OS. The highest BCUT2D eigenvalue weighted by Crippen LogP contribution is 2.24. The number of aromatic nitrogens is 1. The lowest BCUT2D eigenvalue weighted by molar-refractivity contribution is -0.115. The Morgan fingerprint density at radius 1 is 1.25 bits per heavy atom. The van der Waals surface area contributed by atoms with Gasteiger partial charge in [-0.25, -0.2) is 4.98 Å². The number of halogens is 2. The maximum atomic E-state index is 12.1. The molecule has 1 N–H and O–H groups in total. The molecule has 3 nitrogen and oxygen atoms in total. The van der Waals surface area contributed by atoms with E-state index in [0.717, 1.165) is 19.7 Å². The van der Waals surface area contributed by atoms with Gasteiger partial charge in [0, 0.05) is 20.8 Å². The second kappa shape index (κ2) is 7.24. The second-order valence-corrected chi connectivity index (χ2v) is 7.27. The molecule has 6 heteroatoms. The molecular weight excluding hydrogens is 404 g/mol. The zero-order chi connectivity index (χ0) is 14.5. The summed E-state index contributed by atoms with van der Waals surface area (Å²) in [6, 6.07) is 11.3. The van der Waals surface area contributed by atoms with E-state index in [-0.39, 0.29) is 11.2 Å². The van der Waals surface area contributed by atoms with Gasteiger partial charge < -0.3 is 5.32 Å². The van der Waals surface area contributed by atoms with E-state index in [1.165, 1.54) is 11.8 Å². The van der Waals surface area contributed by atoms with Gasteiger partial charge in [-0.2, -0.15) is 0 Å². The van der Waals surface area contributed by atoms with Gasteiger partial charge in [0.25, 0.3) is 0 Å². The number of rotatable bonds is 4. The number of anilines is 1. The number of nitrogens with one attached hydrogen (secondary N) is 1. The molecule has 0 aliphatic heterocycles. The van der Waals surface area contributed by atoms with Crippen LogP contribution in [0.2, 0.25) is 0 Å². The Hall–Kier alpha value is -0.850. The van der Waals surface area contributed by atoms with E-state index in [1.54, 1.807) is 6.20 Å². The zero-order valence-electron chi connectivity index (χ0n) is 10.6. The second-order valence-electron chi connectivity index (χ2n) is 4.07. The predicted octanol–water partition coefficient (Wildman–Crippen LogP) is 4.73. The lowest BCUT2D eigenvalue weighted by Gasteiger charge is -2.11. The highest BCUT2D eigenvalue weighted by atomic mass is 79.9. The first-order valence-corrected chi connectivity index (χ1v) is 8.36. The van der Waals surface area contributed by atoms with Crippen LogP contribution in [0.1, 0.15) is 6.92 Å². The van der Waals surface area contributed by atoms with Crippen molar-refractivity contribution in [3.8, 4) is 0 Å². The quantitative estimate of drug-likeness (QED) is 0.734. The summed E-state index contributed by atoms with van der Waals surface area (Å²) in [6.45, 7) is 1.86. The molecule has 2 rings (SSSR count). The summed E-state index contributed by atoms with van der Waals surface area (Å²) < 4.78 is 1.86. The minimum Gasteiger partial charge on any atom is -0.325 e. The number of carbonyl (C=O) groups excluding carboxylic acids is 1. The number of pyridine rings is 1. The van der Waals surface area contributed by atoms with Crippen LogP contribution in [-0.2, 0) is 4.79 Å². The molecule has 0 unspecified atom stereocenters. The van der Waals surface area contributed by atoms with E-state index in [2.05, 4.69) is 42.2 Å². The molecule has 0 spiro atoms. The molecule has 0 radical (unpaired) electrons. The lowest BCUT2D eigenvalue weighted by Crippen LogP contribution is -2.22. The van der Waals surface area contributed by atoms with E-state index >= 15 is 0 Å². The van der Waals surface area contributed by atoms with Gasteiger partial charge in [-0.3, -0.25) is 4.79 Å². The molecule has 1 aromatic carbocycles. The average Bonchev–Trinajstić information content (AvgIpc) is 2.41. The summed E-state index contributed by atoms with van der Waals surface area (Å²) in [6.07, 6.45) is 1.72. The largest absolute Gasteiger partial charge is 0.325 e. The monoisotopic (exact) mass is 414 g/mol. The van der Waals surface area contributed by atoms with Crippen LogP contribution in [0.5, 0.6) is 0 Å². The van der Waals surface area contributed by atoms with Gasteiger partial charge in [0.05, 0.1) is 10.3 Å². The molecule has 0 aliphatic carbocycles. The first kappa shape index (κ1) is 15.5. The van der Waals surface area contributed by atoms with Crippen molar-refractivity contribution in [2.75, 3.05) is 5.32 Å². The van der Waals surface area contributed by atoms with Crippen molar-refractivity contribution in [1.29, 1.82) is 0 Å². The summed E-state index contributed by atoms with van der Waals surface area (Å²) in [5.41, 5.74) is 0.778. The van der Waals surface area contributed by atoms with Gasteiger partial charge in [-0.15, -0.1) is 0 Å². The normalized spacial score (nSPS) is 11.9. The van der Waals surface area contributed by atoms with Crippen molar-refractivity contribution in [2.45, 2.75) is 17.2 Å². The van der Waals surface area contributed by atoms with Crippen LogP contribution in [-0.4, -0.2) is 16.1 Å². The van der Waals surface area contributed by atoms with Crippen LogP contribution in [0, 0.1) is 0 Å². The van der Waals surface area contributed by atoms with Crippen LogP contribution in [0.15, 0.2) is 56.6 Å². The third kappa shape index (κ3) is 4.61. The summed E-state index contributed by atoms with van der Waals surface area (Å²) in [4.78, 5) is 16.4. The van der Waals surface area contributed by atoms with E-state index in [9.17, 15) is 4.79 Å². The number of hydrogen-bond acceptors (Lipinski definition) is 3. The summed E-state index contributed by atoms with van der Waals surface area (Å²) in [7, 11) is 0. The van der Waals surface area contributed by atoms with Crippen molar-refractivity contribution < 1.29 is 4.79 Å². The molecule has 1 atom stereocenters. The Morgan fingerprint density at radius 2 is 2.05 bits per heavy atom.